The summed E-state index contributed by atoms with van der Waals surface area (Å²) >= 11 is 9.42. The second-order valence-electron chi connectivity index (χ2n) is 8.86. The van der Waals surface area contributed by atoms with Crippen LogP contribution in [0, 0.1) is 12.8 Å². The lowest BCUT2D eigenvalue weighted by molar-refractivity contribution is -0.123. The number of carbonyl (C=O) groups is 2. The summed E-state index contributed by atoms with van der Waals surface area (Å²) in [5.41, 5.74) is 6.03. The summed E-state index contributed by atoms with van der Waals surface area (Å²) in [6.07, 6.45) is 2.01. The Labute approximate surface area is 225 Å². The number of amides is 2. The van der Waals surface area contributed by atoms with Gasteiger partial charge in [-0.2, -0.15) is 5.10 Å². The quantitative estimate of drug-likeness (QED) is 0.222. The van der Waals surface area contributed by atoms with Crippen molar-refractivity contribution in [3.63, 3.8) is 0 Å². The third-order valence-corrected chi connectivity index (χ3v) is 6.17. The minimum atomic E-state index is -0.727. The summed E-state index contributed by atoms with van der Waals surface area (Å²) in [4.78, 5) is 25.3. The highest BCUT2D eigenvalue weighted by Gasteiger charge is 2.22. The summed E-state index contributed by atoms with van der Waals surface area (Å²) < 4.78 is 6.68. The van der Waals surface area contributed by atoms with Crippen molar-refractivity contribution in [3.05, 3.63) is 98.5 Å². The van der Waals surface area contributed by atoms with E-state index in [2.05, 4.69) is 43.9 Å². The lowest BCUT2D eigenvalue weighted by Gasteiger charge is -2.19. The van der Waals surface area contributed by atoms with Crippen LogP contribution in [0.1, 0.15) is 47.3 Å². The van der Waals surface area contributed by atoms with E-state index in [4.69, 9.17) is 16.3 Å². The molecule has 3 rings (SSSR count). The second kappa shape index (κ2) is 13.2. The first-order chi connectivity index (χ1) is 17.2. The average molecular weight is 571 g/mol. The number of aryl methyl sites for hydroxylation is 1. The van der Waals surface area contributed by atoms with E-state index in [0.717, 1.165) is 15.6 Å². The van der Waals surface area contributed by atoms with E-state index in [-0.39, 0.29) is 17.7 Å². The van der Waals surface area contributed by atoms with Crippen LogP contribution in [0.3, 0.4) is 0 Å². The van der Waals surface area contributed by atoms with Gasteiger partial charge in [0.25, 0.3) is 11.8 Å². The molecule has 36 heavy (non-hydrogen) atoms. The van der Waals surface area contributed by atoms with Gasteiger partial charge in [0.05, 0.1) is 10.7 Å². The highest BCUT2D eigenvalue weighted by atomic mass is 79.9. The first-order valence-electron chi connectivity index (χ1n) is 11.6. The zero-order valence-electron chi connectivity index (χ0n) is 20.4. The van der Waals surface area contributed by atoms with E-state index < -0.39 is 6.04 Å². The van der Waals surface area contributed by atoms with E-state index in [1.165, 1.54) is 5.56 Å². The van der Waals surface area contributed by atoms with Gasteiger partial charge in [-0.1, -0.05) is 55.3 Å². The predicted octanol–water partition coefficient (Wildman–Crippen LogP) is 6.28. The van der Waals surface area contributed by atoms with Gasteiger partial charge in [-0.3, -0.25) is 9.59 Å². The van der Waals surface area contributed by atoms with Gasteiger partial charge in [-0.25, -0.2) is 5.43 Å². The third kappa shape index (κ3) is 8.50. The molecule has 8 heteroatoms. The Morgan fingerprint density at radius 1 is 1.06 bits per heavy atom. The molecule has 0 spiro atoms. The fraction of sp³-hybridized carbons (Fsp3) is 0.250. The number of nitrogens with one attached hydrogen (secondary N) is 2. The molecule has 0 aromatic heterocycles. The molecule has 0 saturated heterocycles. The number of rotatable bonds is 10. The van der Waals surface area contributed by atoms with Crippen LogP contribution in [0.25, 0.3) is 0 Å². The maximum Gasteiger partial charge on any atom is 0.262 e. The zero-order valence-corrected chi connectivity index (χ0v) is 22.8. The van der Waals surface area contributed by atoms with Crippen LogP contribution < -0.4 is 15.5 Å². The fourth-order valence-corrected chi connectivity index (χ4v) is 3.99. The molecule has 1 atom stereocenters. The van der Waals surface area contributed by atoms with Crippen molar-refractivity contribution >= 4 is 45.6 Å². The number of ether oxygens (including phenoxy) is 1. The molecular formula is C28H29BrClN3O3. The minimum Gasteiger partial charge on any atom is -0.488 e. The summed E-state index contributed by atoms with van der Waals surface area (Å²) in [6.45, 7) is 6.48. The SMILES string of the molecule is Cc1ccc(COc2ccc(/C=N/NC(=O)C(CC(C)C)NC(=O)c3ccc(Cl)cc3)cc2Br)cc1. The number of halogens is 2. The maximum atomic E-state index is 12.8. The molecular weight excluding hydrogens is 542 g/mol. The largest absolute Gasteiger partial charge is 0.488 e. The predicted molar refractivity (Wildman–Crippen MR) is 148 cm³/mol. The standard InChI is InChI=1S/C28H29BrClN3O3/c1-18(2)14-25(32-27(34)22-9-11-23(30)12-10-22)28(35)33-31-16-21-8-13-26(24(29)15-21)36-17-20-6-4-19(3)5-7-20/h4-13,15-16,18,25H,14,17H2,1-3H3,(H,32,34)(H,33,35)/b31-16+. The Bertz CT molecular complexity index is 1210. The number of benzene rings is 3. The molecule has 0 saturated carbocycles. The molecule has 0 fully saturated rings. The number of hydrogen-bond acceptors (Lipinski definition) is 4. The monoisotopic (exact) mass is 569 g/mol. The number of nitrogens with zero attached hydrogens (tertiary/aromatic N) is 1. The van der Waals surface area contributed by atoms with Crippen LogP contribution in [0.15, 0.2) is 76.3 Å². The van der Waals surface area contributed by atoms with Crippen LogP contribution in [-0.4, -0.2) is 24.1 Å². The van der Waals surface area contributed by atoms with Crippen molar-refractivity contribution in [3.8, 4) is 5.75 Å². The van der Waals surface area contributed by atoms with Gasteiger partial charge in [0.1, 0.15) is 18.4 Å². The van der Waals surface area contributed by atoms with E-state index in [0.29, 0.717) is 29.4 Å². The van der Waals surface area contributed by atoms with Crippen molar-refractivity contribution in [1.82, 2.24) is 10.7 Å². The van der Waals surface area contributed by atoms with Crippen molar-refractivity contribution in [2.24, 2.45) is 11.0 Å². The van der Waals surface area contributed by atoms with Gasteiger partial charge in [0, 0.05) is 10.6 Å². The maximum absolute atomic E-state index is 12.8. The van der Waals surface area contributed by atoms with Crippen LogP contribution >= 0.6 is 27.5 Å². The molecule has 3 aromatic carbocycles. The lowest BCUT2D eigenvalue weighted by atomic mass is 10.0. The third-order valence-electron chi connectivity index (χ3n) is 5.29. The van der Waals surface area contributed by atoms with E-state index in [1.54, 1.807) is 30.5 Å². The molecule has 2 N–H and O–H groups in total. The van der Waals surface area contributed by atoms with E-state index in [9.17, 15) is 9.59 Å². The summed E-state index contributed by atoms with van der Waals surface area (Å²) in [6, 6.07) is 19.5. The first-order valence-corrected chi connectivity index (χ1v) is 12.8. The van der Waals surface area contributed by atoms with Crippen molar-refractivity contribution < 1.29 is 14.3 Å². The molecule has 2 amide bonds. The molecule has 1 unspecified atom stereocenters. The summed E-state index contributed by atoms with van der Waals surface area (Å²) in [5.74, 6) is 0.165. The van der Waals surface area contributed by atoms with Gasteiger partial charge >= 0.3 is 0 Å². The summed E-state index contributed by atoms with van der Waals surface area (Å²) in [7, 11) is 0. The van der Waals surface area contributed by atoms with Crippen molar-refractivity contribution in [2.75, 3.05) is 0 Å². The fourth-order valence-electron chi connectivity index (χ4n) is 3.35. The van der Waals surface area contributed by atoms with Gasteiger partial charge in [0.15, 0.2) is 0 Å². The van der Waals surface area contributed by atoms with Gasteiger partial charge in [-0.15, -0.1) is 0 Å². The molecule has 6 nitrogen and oxygen atoms in total. The van der Waals surface area contributed by atoms with E-state index >= 15 is 0 Å². The molecule has 0 aliphatic heterocycles. The Hall–Kier alpha value is -3.16. The van der Waals surface area contributed by atoms with Crippen LogP contribution in [-0.2, 0) is 11.4 Å². The van der Waals surface area contributed by atoms with Crippen LogP contribution in [0.5, 0.6) is 5.75 Å². The van der Waals surface area contributed by atoms with Crippen molar-refractivity contribution in [1.29, 1.82) is 0 Å². The Morgan fingerprint density at radius 2 is 1.75 bits per heavy atom. The Kier molecular flexibility index (Phi) is 10.1. The van der Waals surface area contributed by atoms with E-state index in [1.807, 2.05) is 51.1 Å². The number of hydrazone groups is 1. The van der Waals surface area contributed by atoms with Gasteiger partial charge in [0.2, 0.25) is 0 Å². The molecule has 0 radical (unpaired) electrons. The first kappa shape index (κ1) is 27.4. The molecule has 0 heterocycles. The topological polar surface area (TPSA) is 79.8 Å². The molecule has 0 aliphatic carbocycles. The number of hydrogen-bond donors (Lipinski definition) is 2. The van der Waals surface area contributed by atoms with Gasteiger partial charge in [-0.05, 0) is 88.8 Å². The summed E-state index contributed by atoms with van der Waals surface area (Å²) in [5, 5.41) is 7.40. The van der Waals surface area contributed by atoms with Crippen molar-refractivity contribution in [2.45, 2.75) is 39.8 Å². The minimum absolute atomic E-state index is 0.193. The highest BCUT2D eigenvalue weighted by molar-refractivity contribution is 9.10. The van der Waals surface area contributed by atoms with Crippen LogP contribution in [0.2, 0.25) is 5.02 Å². The smallest absolute Gasteiger partial charge is 0.262 e. The molecule has 3 aromatic rings. The zero-order chi connectivity index (χ0) is 26.1. The Morgan fingerprint density at radius 3 is 2.39 bits per heavy atom. The van der Waals surface area contributed by atoms with Crippen LogP contribution in [0.4, 0.5) is 0 Å². The average Bonchev–Trinajstić information content (AvgIpc) is 2.84. The molecule has 188 valence electrons. The Balaban J connectivity index is 1.58. The lowest BCUT2D eigenvalue weighted by Crippen LogP contribution is -2.46. The second-order valence-corrected chi connectivity index (χ2v) is 10.2. The molecule has 0 aliphatic rings. The number of carbonyl (C=O) groups excluding carboxylic acids is 2. The van der Waals surface area contributed by atoms with Gasteiger partial charge < -0.3 is 10.1 Å². The highest BCUT2D eigenvalue weighted by Crippen LogP contribution is 2.26. The molecule has 0 bridgehead atoms. The normalized spacial score (nSPS) is 11.9.